The maximum absolute atomic E-state index is 11.5. The minimum absolute atomic E-state index is 0.186. The maximum atomic E-state index is 11.5. The normalized spacial score (nSPS) is 10.0. The summed E-state index contributed by atoms with van der Waals surface area (Å²) in [5.74, 6) is -1.19. The lowest BCUT2D eigenvalue weighted by atomic mass is 10.1. The molecule has 1 heterocycles. The first-order chi connectivity index (χ1) is 7.97. The van der Waals surface area contributed by atoms with Gasteiger partial charge in [0.1, 0.15) is 5.00 Å². The van der Waals surface area contributed by atoms with E-state index >= 15 is 0 Å². The molecule has 0 radical (unpaired) electrons. The number of allylic oxidation sites excluding steroid dienone is 1. The predicted octanol–water partition coefficient (Wildman–Crippen LogP) is 2.97. The molecule has 0 atom stereocenters. The lowest BCUT2D eigenvalue weighted by molar-refractivity contribution is -0.116. The number of amides is 1. The van der Waals surface area contributed by atoms with Crippen LogP contribution in [-0.4, -0.2) is 17.0 Å². The second-order valence-electron chi connectivity index (χ2n) is 3.67. The van der Waals surface area contributed by atoms with E-state index < -0.39 is 5.97 Å². The minimum atomic E-state index is -1.01. The van der Waals surface area contributed by atoms with Crippen molar-refractivity contribution in [3.05, 3.63) is 28.7 Å². The monoisotopic (exact) mass is 253 g/mol. The van der Waals surface area contributed by atoms with Crippen molar-refractivity contribution in [1.82, 2.24) is 0 Å². The van der Waals surface area contributed by atoms with E-state index in [1.807, 2.05) is 6.92 Å². The topological polar surface area (TPSA) is 66.4 Å². The zero-order chi connectivity index (χ0) is 13.0. The molecule has 0 bridgehead atoms. The number of anilines is 1. The first-order valence-corrected chi connectivity index (χ1v) is 6.03. The van der Waals surface area contributed by atoms with E-state index in [4.69, 9.17) is 5.11 Å². The number of nitrogens with one attached hydrogen (secondary N) is 1. The van der Waals surface area contributed by atoms with Crippen LogP contribution in [0.4, 0.5) is 5.00 Å². The number of rotatable bonds is 5. The highest BCUT2D eigenvalue weighted by atomic mass is 32.1. The van der Waals surface area contributed by atoms with Crippen LogP contribution in [0.3, 0.4) is 0 Å². The van der Waals surface area contributed by atoms with Crippen molar-refractivity contribution in [3.63, 3.8) is 0 Å². The molecule has 1 rings (SSSR count). The molecule has 1 amide bonds. The van der Waals surface area contributed by atoms with Crippen molar-refractivity contribution >= 4 is 28.2 Å². The number of hydrogen-bond donors (Lipinski definition) is 2. The van der Waals surface area contributed by atoms with Gasteiger partial charge in [-0.3, -0.25) is 4.79 Å². The van der Waals surface area contributed by atoms with E-state index in [-0.39, 0.29) is 11.5 Å². The van der Waals surface area contributed by atoms with Crippen LogP contribution in [0, 0.1) is 13.8 Å². The van der Waals surface area contributed by atoms with Gasteiger partial charge in [0, 0.05) is 11.3 Å². The number of carboxylic acid groups (broad SMARTS) is 1. The predicted molar refractivity (Wildman–Crippen MR) is 68.8 cm³/mol. The molecule has 92 valence electrons. The van der Waals surface area contributed by atoms with E-state index in [0.717, 1.165) is 4.88 Å². The molecule has 5 heteroatoms. The molecular formula is C12H15NO3S. The number of carbonyl (C=O) groups excluding carboxylic acids is 1. The van der Waals surface area contributed by atoms with Gasteiger partial charge in [-0.1, -0.05) is 6.08 Å². The van der Waals surface area contributed by atoms with Crippen LogP contribution in [0.2, 0.25) is 0 Å². The lowest BCUT2D eigenvalue weighted by Crippen LogP contribution is -2.12. The minimum Gasteiger partial charge on any atom is -0.478 e. The van der Waals surface area contributed by atoms with Gasteiger partial charge in [-0.05, 0) is 25.8 Å². The number of aryl methyl sites for hydroxylation is 1. The van der Waals surface area contributed by atoms with Gasteiger partial charge < -0.3 is 10.4 Å². The molecule has 0 aromatic carbocycles. The summed E-state index contributed by atoms with van der Waals surface area (Å²) in [7, 11) is 0. The van der Waals surface area contributed by atoms with E-state index in [0.29, 0.717) is 23.4 Å². The highest BCUT2D eigenvalue weighted by Gasteiger charge is 2.19. The van der Waals surface area contributed by atoms with Gasteiger partial charge in [-0.25, -0.2) is 4.79 Å². The van der Waals surface area contributed by atoms with Crippen molar-refractivity contribution in [2.75, 3.05) is 5.32 Å². The summed E-state index contributed by atoms with van der Waals surface area (Å²) < 4.78 is 0. The Bertz CT molecular complexity index is 463. The molecular weight excluding hydrogens is 238 g/mol. The molecule has 0 aliphatic rings. The van der Waals surface area contributed by atoms with Crippen LogP contribution < -0.4 is 5.32 Å². The third kappa shape index (κ3) is 3.17. The Kier molecular flexibility index (Phi) is 4.45. The average molecular weight is 253 g/mol. The largest absolute Gasteiger partial charge is 0.478 e. The van der Waals surface area contributed by atoms with Gasteiger partial charge in [-0.15, -0.1) is 17.9 Å². The van der Waals surface area contributed by atoms with E-state index in [2.05, 4.69) is 11.9 Å². The number of aromatic carboxylic acids is 1. The van der Waals surface area contributed by atoms with Crippen molar-refractivity contribution in [2.45, 2.75) is 26.7 Å². The number of thiophene rings is 1. The first-order valence-electron chi connectivity index (χ1n) is 5.21. The first kappa shape index (κ1) is 13.4. The van der Waals surface area contributed by atoms with Crippen LogP contribution in [0.25, 0.3) is 0 Å². The average Bonchev–Trinajstić information content (AvgIpc) is 2.51. The molecule has 0 fully saturated rings. The number of carbonyl (C=O) groups is 2. The lowest BCUT2D eigenvalue weighted by Gasteiger charge is -2.03. The third-order valence-corrected chi connectivity index (χ3v) is 3.55. The van der Waals surface area contributed by atoms with Crippen LogP contribution >= 0.6 is 11.3 Å². The summed E-state index contributed by atoms with van der Waals surface area (Å²) in [6.45, 7) is 7.12. The van der Waals surface area contributed by atoms with Gasteiger partial charge in [0.15, 0.2) is 0 Å². The molecule has 0 spiro atoms. The maximum Gasteiger partial charge on any atom is 0.338 e. The van der Waals surface area contributed by atoms with E-state index in [1.165, 1.54) is 11.3 Å². The third-order valence-electron chi connectivity index (χ3n) is 2.43. The molecule has 1 aromatic heterocycles. The van der Waals surface area contributed by atoms with Crippen molar-refractivity contribution in [3.8, 4) is 0 Å². The fourth-order valence-corrected chi connectivity index (χ4v) is 2.46. The van der Waals surface area contributed by atoms with Crippen LogP contribution in [0.5, 0.6) is 0 Å². The Balaban J connectivity index is 2.91. The molecule has 17 heavy (non-hydrogen) atoms. The summed E-state index contributed by atoms with van der Waals surface area (Å²) in [5, 5.41) is 12.1. The van der Waals surface area contributed by atoms with Crippen molar-refractivity contribution < 1.29 is 14.7 Å². The van der Waals surface area contributed by atoms with Gasteiger partial charge in [0.2, 0.25) is 5.91 Å². The number of carboxylic acids is 1. The zero-order valence-corrected chi connectivity index (χ0v) is 10.7. The summed E-state index contributed by atoms with van der Waals surface area (Å²) in [6.07, 6.45) is 2.55. The Morgan fingerprint density at radius 1 is 1.47 bits per heavy atom. The quantitative estimate of drug-likeness (QED) is 0.793. The SMILES string of the molecule is C=CCCC(=O)Nc1sc(C)c(C)c1C(=O)O. The van der Waals surface area contributed by atoms with Crippen LogP contribution in [-0.2, 0) is 4.79 Å². The highest BCUT2D eigenvalue weighted by Crippen LogP contribution is 2.32. The van der Waals surface area contributed by atoms with Gasteiger partial charge >= 0.3 is 5.97 Å². The van der Waals surface area contributed by atoms with Crippen molar-refractivity contribution in [1.29, 1.82) is 0 Å². The molecule has 0 unspecified atom stereocenters. The van der Waals surface area contributed by atoms with Gasteiger partial charge in [0.25, 0.3) is 0 Å². The van der Waals surface area contributed by atoms with Gasteiger partial charge in [0.05, 0.1) is 5.56 Å². The Hall–Kier alpha value is -1.62. The zero-order valence-electron chi connectivity index (χ0n) is 9.87. The van der Waals surface area contributed by atoms with E-state index in [1.54, 1.807) is 13.0 Å². The van der Waals surface area contributed by atoms with Crippen molar-refractivity contribution in [2.24, 2.45) is 0 Å². The summed E-state index contributed by atoms with van der Waals surface area (Å²) in [6, 6.07) is 0. The molecule has 2 N–H and O–H groups in total. The fraction of sp³-hybridized carbons (Fsp3) is 0.333. The smallest absolute Gasteiger partial charge is 0.338 e. The Morgan fingerprint density at radius 2 is 2.12 bits per heavy atom. The summed E-state index contributed by atoms with van der Waals surface area (Å²) >= 11 is 1.29. The van der Waals surface area contributed by atoms with Crippen LogP contribution in [0.1, 0.15) is 33.6 Å². The highest BCUT2D eigenvalue weighted by molar-refractivity contribution is 7.16. The Labute approximate surface area is 104 Å². The molecule has 0 aliphatic carbocycles. The van der Waals surface area contributed by atoms with Gasteiger partial charge in [-0.2, -0.15) is 0 Å². The molecule has 0 aliphatic heterocycles. The molecule has 1 aromatic rings. The fourth-order valence-electron chi connectivity index (χ4n) is 1.39. The summed E-state index contributed by atoms with van der Waals surface area (Å²) in [4.78, 5) is 23.5. The second kappa shape index (κ2) is 5.63. The Morgan fingerprint density at radius 3 is 2.65 bits per heavy atom. The standard InChI is InChI=1S/C12H15NO3S/c1-4-5-6-9(14)13-11-10(12(15)16)7(2)8(3)17-11/h4H,1,5-6H2,2-3H3,(H,13,14)(H,15,16). The molecule has 4 nitrogen and oxygen atoms in total. The summed E-state index contributed by atoms with van der Waals surface area (Å²) in [5.41, 5.74) is 0.904. The van der Waals surface area contributed by atoms with Crippen LogP contribution in [0.15, 0.2) is 12.7 Å². The second-order valence-corrected chi connectivity index (χ2v) is 4.89. The molecule has 0 saturated heterocycles. The number of hydrogen-bond acceptors (Lipinski definition) is 3. The van der Waals surface area contributed by atoms with E-state index in [9.17, 15) is 9.59 Å². The molecule has 0 saturated carbocycles.